The van der Waals surface area contributed by atoms with Crippen LogP contribution in [-0.4, -0.2) is 30.3 Å². The molecule has 8 heavy (non-hydrogen) atoms. The third-order valence-corrected chi connectivity index (χ3v) is 1.01. The Hall–Kier alpha value is -0.0800. The molecule has 1 N–H and O–H groups in total. The van der Waals surface area contributed by atoms with Gasteiger partial charge in [-0.1, -0.05) is 13.8 Å². The van der Waals surface area contributed by atoms with Crippen LogP contribution in [0.1, 0.15) is 13.8 Å². The number of hydrogen-bond donors (Lipinski definition) is 1. The summed E-state index contributed by atoms with van der Waals surface area (Å²) in [6.45, 7) is 3.81. The fraction of sp³-hybridized carbons (Fsp3) is 0.833. The van der Waals surface area contributed by atoms with Gasteiger partial charge in [-0.25, -0.2) is 0 Å². The van der Waals surface area contributed by atoms with Gasteiger partial charge in [0.05, 0.1) is 0 Å². The minimum absolute atomic E-state index is 0.380. The molecule has 0 amide bonds. The third-order valence-electron chi connectivity index (χ3n) is 1.01. The quantitative estimate of drug-likeness (QED) is 0.530. The molecule has 0 rings (SSSR count). The van der Waals surface area contributed by atoms with E-state index >= 15 is 0 Å². The van der Waals surface area contributed by atoms with Crippen LogP contribution in [0.15, 0.2) is 0 Å². The van der Waals surface area contributed by atoms with Gasteiger partial charge in [0.25, 0.3) is 0 Å². The normalized spacial score (nSPS) is 15.4. The van der Waals surface area contributed by atoms with Crippen molar-refractivity contribution in [3.63, 3.8) is 0 Å². The lowest BCUT2D eigenvalue weighted by Gasteiger charge is -2.20. The Kier molecular flexibility index (Phi) is 3.02. The van der Waals surface area contributed by atoms with Gasteiger partial charge >= 0.3 is 0 Å². The van der Waals surface area contributed by atoms with Crippen molar-refractivity contribution in [1.29, 1.82) is 0 Å². The topological polar surface area (TPSA) is 23.5 Å². The molecule has 1 unspecified atom stereocenters. The first-order valence-electron chi connectivity index (χ1n) is 2.70. The van der Waals surface area contributed by atoms with E-state index < -0.39 is 0 Å². The van der Waals surface area contributed by atoms with Crippen LogP contribution in [0.2, 0.25) is 0 Å². The van der Waals surface area contributed by atoms with Gasteiger partial charge in [-0.3, -0.25) is 4.90 Å². The molecule has 0 saturated carbocycles. The summed E-state index contributed by atoms with van der Waals surface area (Å²) >= 11 is 0. The van der Waals surface area contributed by atoms with E-state index in [9.17, 15) is 0 Å². The summed E-state index contributed by atoms with van der Waals surface area (Å²) in [5, 5.41) is 9.09. The molecule has 0 aliphatic heterocycles. The summed E-state index contributed by atoms with van der Waals surface area (Å²) in [5.41, 5.74) is 0. The van der Waals surface area contributed by atoms with Gasteiger partial charge in [-0.2, -0.15) is 0 Å². The minimum atomic E-state index is -0.380. The average Bonchev–Trinajstić information content (AvgIpc) is 1.64. The van der Waals surface area contributed by atoms with Crippen molar-refractivity contribution in [3.8, 4) is 0 Å². The Bertz CT molecular complexity index is 53.5. The van der Waals surface area contributed by atoms with E-state index in [1.165, 1.54) is 0 Å². The minimum Gasteiger partial charge on any atom is -0.378 e. The molecule has 1 radical (unpaired) electrons. The Labute approximate surface area is 51.1 Å². The molecule has 0 aromatic carbocycles. The van der Waals surface area contributed by atoms with E-state index in [0.29, 0.717) is 0 Å². The molecule has 0 saturated heterocycles. The van der Waals surface area contributed by atoms with Gasteiger partial charge in [0.15, 0.2) is 0 Å². The Balaban J connectivity index is 3.46. The van der Waals surface area contributed by atoms with Crippen molar-refractivity contribution in [2.45, 2.75) is 20.1 Å². The van der Waals surface area contributed by atoms with E-state index in [1.807, 2.05) is 27.9 Å². The molecule has 0 aliphatic rings. The number of aliphatic hydroxyl groups is 1. The Morgan fingerprint density at radius 3 is 1.75 bits per heavy atom. The smallest absolute Gasteiger partial charge is 0.112 e. The Morgan fingerprint density at radius 2 is 1.75 bits per heavy atom. The molecule has 0 aromatic heterocycles. The largest absolute Gasteiger partial charge is 0.378 e. The summed E-state index contributed by atoms with van der Waals surface area (Å²) in [6.07, 6.45) is -0.380. The van der Waals surface area contributed by atoms with Crippen molar-refractivity contribution in [1.82, 2.24) is 4.90 Å². The number of rotatable bonds is 2. The standard InChI is InChI=1S/C6H14NO/c1-5(2)6(8)7(3)4/h6,8H,1-4H3. The lowest BCUT2D eigenvalue weighted by molar-refractivity contribution is 0.0545. The van der Waals surface area contributed by atoms with Crippen molar-refractivity contribution in [3.05, 3.63) is 5.92 Å². The molecule has 49 valence electrons. The first kappa shape index (κ1) is 7.92. The average molecular weight is 116 g/mol. The van der Waals surface area contributed by atoms with Crippen LogP contribution in [0, 0.1) is 5.92 Å². The van der Waals surface area contributed by atoms with E-state index in [0.717, 1.165) is 5.92 Å². The lowest BCUT2D eigenvalue weighted by Crippen LogP contribution is -2.30. The molecule has 0 spiro atoms. The summed E-state index contributed by atoms with van der Waals surface area (Å²) in [6, 6.07) is 0. The first-order chi connectivity index (χ1) is 3.55. The van der Waals surface area contributed by atoms with Crippen molar-refractivity contribution in [2.75, 3.05) is 14.1 Å². The van der Waals surface area contributed by atoms with Gasteiger partial charge in [0.2, 0.25) is 0 Å². The van der Waals surface area contributed by atoms with E-state index in [1.54, 1.807) is 4.90 Å². The zero-order valence-electron chi connectivity index (χ0n) is 5.97. The number of aliphatic hydroxyl groups excluding tert-OH is 1. The second-order valence-electron chi connectivity index (χ2n) is 2.41. The van der Waals surface area contributed by atoms with Gasteiger partial charge < -0.3 is 5.11 Å². The molecular formula is C6H14NO. The van der Waals surface area contributed by atoms with Crippen LogP contribution < -0.4 is 0 Å². The van der Waals surface area contributed by atoms with Crippen LogP contribution in [0.25, 0.3) is 0 Å². The third kappa shape index (κ3) is 2.28. The van der Waals surface area contributed by atoms with Crippen LogP contribution in [0.5, 0.6) is 0 Å². The van der Waals surface area contributed by atoms with Gasteiger partial charge in [0, 0.05) is 5.92 Å². The fourth-order valence-electron chi connectivity index (χ4n) is 0.516. The highest BCUT2D eigenvalue weighted by Crippen LogP contribution is 2.04. The SMILES string of the molecule is C[C](C)C(O)N(C)C. The van der Waals surface area contributed by atoms with E-state index in [-0.39, 0.29) is 6.23 Å². The zero-order chi connectivity index (χ0) is 6.73. The van der Waals surface area contributed by atoms with Crippen LogP contribution >= 0.6 is 0 Å². The first-order valence-corrected chi connectivity index (χ1v) is 2.70. The summed E-state index contributed by atoms with van der Waals surface area (Å²) < 4.78 is 0. The van der Waals surface area contributed by atoms with Crippen molar-refractivity contribution >= 4 is 0 Å². The monoisotopic (exact) mass is 116 g/mol. The van der Waals surface area contributed by atoms with Crippen molar-refractivity contribution in [2.24, 2.45) is 0 Å². The molecule has 0 aliphatic carbocycles. The number of hydrogen-bond acceptors (Lipinski definition) is 2. The molecule has 0 fully saturated rings. The highest BCUT2D eigenvalue weighted by molar-refractivity contribution is 4.84. The Morgan fingerprint density at radius 1 is 1.38 bits per heavy atom. The second-order valence-corrected chi connectivity index (χ2v) is 2.41. The molecule has 2 heteroatoms. The maximum atomic E-state index is 9.09. The van der Waals surface area contributed by atoms with Crippen LogP contribution in [0.4, 0.5) is 0 Å². The summed E-state index contributed by atoms with van der Waals surface area (Å²) in [7, 11) is 3.69. The number of nitrogens with zero attached hydrogens (tertiary/aromatic N) is 1. The second kappa shape index (κ2) is 3.05. The predicted molar refractivity (Wildman–Crippen MR) is 34.3 cm³/mol. The summed E-state index contributed by atoms with van der Waals surface area (Å²) in [4.78, 5) is 1.76. The highest BCUT2D eigenvalue weighted by atomic mass is 16.3. The van der Waals surface area contributed by atoms with Gasteiger partial charge in [-0.05, 0) is 14.1 Å². The molecule has 1 atom stereocenters. The van der Waals surface area contributed by atoms with Crippen LogP contribution in [-0.2, 0) is 0 Å². The molecule has 0 aromatic rings. The molecule has 2 nitrogen and oxygen atoms in total. The molecule has 0 bridgehead atoms. The fourth-order valence-corrected chi connectivity index (χ4v) is 0.516. The molecule has 0 heterocycles. The molecular weight excluding hydrogens is 102 g/mol. The van der Waals surface area contributed by atoms with Gasteiger partial charge in [0.1, 0.15) is 6.23 Å². The summed E-state index contributed by atoms with van der Waals surface area (Å²) in [5.74, 6) is 1.02. The highest BCUT2D eigenvalue weighted by Gasteiger charge is 2.09. The predicted octanol–water partition coefficient (Wildman–Crippen LogP) is 0.481. The lowest BCUT2D eigenvalue weighted by atomic mass is 10.2. The van der Waals surface area contributed by atoms with Crippen LogP contribution in [0.3, 0.4) is 0 Å². The zero-order valence-corrected chi connectivity index (χ0v) is 5.97. The maximum absolute atomic E-state index is 9.09. The van der Waals surface area contributed by atoms with Gasteiger partial charge in [-0.15, -0.1) is 0 Å². The van der Waals surface area contributed by atoms with E-state index in [4.69, 9.17) is 5.11 Å². The van der Waals surface area contributed by atoms with Crippen molar-refractivity contribution < 1.29 is 5.11 Å². The van der Waals surface area contributed by atoms with E-state index in [2.05, 4.69) is 0 Å². The maximum Gasteiger partial charge on any atom is 0.112 e.